The van der Waals surface area contributed by atoms with E-state index in [-0.39, 0.29) is 11.1 Å². The number of likely N-dealkylation sites (N-methyl/N-ethyl adjacent to an activating group) is 1. The van der Waals surface area contributed by atoms with Crippen LogP contribution in [0.4, 0.5) is 11.4 Å². The maximum absolute atomic E-state index is 12.7. The number of amides is 1. The average Bonchev–Trinajstić information content (AvgIpc) is 2.69. The van der Waals surface area contributed by atoms with E-state index in [4.69, 9.17) is 11.6 Å². The number of carbonyl (C=O) groups is 1. The lowest BCUT2D eigenvalue weighted by atomic mass is 9.88. The molecule has 0 radical (unpaired) electrons. The maximum atomic E-state index is 12.7. The van der Waals surface area contributed by atoms with Crippen LogP contribution in [0.1, 0.15) is 44.4 Å². The molecule has 154 valence electrons. The molecule has 1 aliphatic rings. The molecule has 2 aromatic carbocycles. The number of hydrogen-bond acceptors (Lipinski definition) is 3. The molecule has 0 spiro atoms. The van der Waals surface area contributed by atoms with Crippen LogP contribution in [0.2, 0.25) is 5.02 Å². The van der Waals surface area contributed by atoms with Crippen molar-refractivity contribution in [1.29, 1.82) is 5.26 Å². The molecule has 1 N–H and O–H groups in total. The minimum atomic E-state index is -0.454. The van der Waals surface area contributed by atoms with Crippen molar-refractivity contribution in [3.8, 4) is 6.07 Å². The summed E-state index contributed by atoms with van der Waals surface area (Å²) in [4.78, 5) is 15.0. The zero-order chi connectivity index (χ0) is 22.1. The summed E-state index contributed by atoms with van der Waals surface area (Å²) in [6.07, 6.45) is 3.88. The molecule has 0 bridgehead atoms. The number of carbonyl (C=O) groups excluding carboxylic acids is 1. The minimum absolute atomic E-state index is 0.0412. The number of rotatable bonds is 4. The monoisotopic (exact) mass is 419 g/mol. The molecule has 0 unspecified atom stereocenters. The van der Waals surface area contributed by atoms with Gasteiger partial charge in [0, 0.05) is 28.5 Å². The number of nitriles is 1. The van der Waals surface area contributed by atoms with Crippen LogP contribution in [-0.4, -0.2) is 18.0 Å². The molecule has 2 aromatic rings. The predicted molar refractivity (Wildman–Crippen MR) is 126 cm³/mol. The van der Waals surface area contributed by atoms with E-state index in [0.29, 0.717) is 10.7 Å². The molecular weight excluding hydrogens is 394 g/mol. The summed E-state index contributed by atoms with van der Waals surface area (Å²) in [5.41, 5.74) is 5.62. The fraction of sp³-hybridized carbons (Fsp3) is 0.280. The van der Waals surface area contributed by atoms with Crippen LogP contribution >= 0.6 is 11.6 Å². The lowest BCUT2D eigenvalue weighted by Crippen LogP contribution is -2.44. The highest BCUT2D eigenvalue weighted by Gasteiger charge is 2.30. The summed E-state index contributed by atoms with van der Waals surface area (Å²) in [6.45, 7) is 11.4. The first-order chi connectivity index (χ1) is 14.2. The summed E-state index contributed by atoms with van der Waals surface area (Å²) < 4.78 is 0. The van der Waals surface area contributed by atoms with E-state index in [2.05, 4.69) is 50.1 Å². The Morgan fingerprint density at radius 3 is 2.67 bits per heavy atom. The third-order valence-corrected chi connectivity index (χ3v) is 5.92. The molecule has 4 nitrogen and oxygen atoms in total. The lowest BCUT2D eigenvalue weighted by Gasteiger charge is -2.42. The highest BCUT2D eigenvalue weighted by atomic mass is 35.5. The van der Waals surface area contributed by atoms with Crippen molar-refractivity contribution in [3.05, 3.63) is 69.8 Å². The molecule has 30 heavy (non-hydrogen) atoms. The molecule has 0 aromatic heterocycles. The third-order valence-electron chi connectivity index (χ3n) is 5.51. The molecule has 1 heterocycles. The smallest absolute Gasteiger partial charge is 0.266 e. The Morgan fingerprint density at radius 2 is 2.00 bits per heavy atom. The van der Waals surface area contributed by atoms with E-state index in [1.54, 1.807) is 24.3 Å². The molecule has 1 aliphatic heterocycles. The van der Waals surface area contributed by atoms with Gasteiger partial charge in [-0.2, -0.15) is 5.26 Å². The van der Waals surface area contributed by atoms with E-state index in [1.807, 2.05) is 25.1 Å². The molecule has 1 amide bonds. The summed E-state index contributed by atoms with van der Waals surface area (Å²) in [6, 6.07) is 13.4. The van der Waals surface area contributed by atoms with E-state index in [1.165, 1.54) is 5.57 Å². The van der Waals surface area contributed by atoms with Gasteiger partial charge in [0.05, 0.1) is 5.54 Å². The van der Waals surface area contributed by atoms with Crippen molar-refractivity contribution < 1.29 is 4.79 Å². The number of anilines is 2. The number of fused-ring (bicyclic) bond motifs is 1. The van der Waals surface area contributed by atoms with Crippen LogP contribution in [0.25, 0.3) is 11.6 Å². The van der Waals surface area contributed by atoms with Crippen molar-refractivity contribution in [1.82, 2.24) is 0 Å². The van der Waals surface area contributed by atoms with Crippen molar-refractivity contribution in [2.45, 2.75) is 40.2 Å². The van der Waals surface area contributed by atoms with Gasteiger partial charge in [0.1, 0.15) is 11.6 Å². The molecule has 0 fully saturated rings. The fourth-order valence-electron chi connectivity index (χ4n) is 4.02. The first-order valence-corrected chi connectivity index (χ1v) is 10.4. The topological polar surface area (TPSA) is 56.1 Å². The van der Waals surface area contributed by atoms with Gasteiger partial charge in [-0.05, 0) is 81.7 Å². The van der Waals surface area contributed by atoms with Crippen LogP contribution in [0, 0.1) is 18.3 Å². The van der Waals surface area contributed by atoms with Gasteiger partial charge in [0.25, 0.3) is 5.91 Å². The second kappa shape index (κ2) is 8.38. The first kappa shape index (κ1) is 21.7. The van der Waals surface area contributed by atoms with Crippen LogP contribution in [-0.2, 0) is 4.79 Å². The van der Waals surface area contributed by atoms with Gasteiger partial charge >= 0.3 is 0 Å². The fourth-order valence-corrected chi connectivity index (χ4v) is 4.19. The van der Waals surface area contributed by atoms with Crippen LogP contribution in [0.3, 0.4) is 0 Å². The average molecular weight is 420 g/mol. The zero-order valence-corrected chi connectivity index (χ0v) is 18.8. The maximum Gasteiger partial charge on any atom is 0.266 e. The SMILES string of the molecule is CCN1c2ccc(/C=C(\C#N)C(=O)Nc3cccc(Cl)c3C)cc2C(C)=CC1(C)C. The van der Waals surface area contributed by atoms with Gasteiger partial charge < -0.3 is 10.2 Å². The standard InChI is InChI=1S/C25H26ClN3O/c1-6-29-23-11-10-18(13-20(23)16(2)14-25(29,4)5)12-19(15-27)24(30)28-22-9-7-8-21(26)17(22)3/h7-14H,6H2,1-5H3,(H,28,30)/b19-12+. The Hall–Kier alpha value is -3.03. The zero-order valence-electron chi connectivity index (χ0n) is 18.0. The van der Waals surface area contributed by atoms with Crippen molar-refractivity contribution in [2.75, 3.05) is 16.8 Å². The normalized spacial score (nSPS) is 15.2. The molecule has 0 atom stereocenters. The third kappa shape index (κ3) is 4.13. The van der Waals surface area contributed by atoms with Gasteiger partial charge in [-0.25, -0.2) is 0 Å². The number of hydrogen-bond donors (Lipinski definition) is 1. The molecule has 0 saturated heterocycles. The van der Waals surface area contributed by atoms with E-state index >= 15 is 0 Å². The predicted octanol–water partition coefficient (Wildman–Crippen LogP) is 6.22. The van der Waals surface area contributed by atoms with E-state index in [9.17, 15) is 10.1 Å². The van der Waals surface area contributed by atoms with Crippen LogP contribution in [0.15, 0.2) is 48.0 Å². The van der Waals surface area contributed by atoms with Gasteiger partial charge in [-0.15, -0.1) is 0 Å². The van der Waals surface area contributed by atoms with Crippen molar-refractivity contribution >= 4 is 40.5 Å². The Bertz CT molecular complexity index is 1110. The number of halogens is 1. The highest BCUT2D eigenvalue weighted by Crippen LogP contribution is 2.39. The minimum Gasteiger partial charge on any atom is -0.363 e. The second-order valence-electron chi connectivity index (χ2n) is 8.04. The summed E-state index contributed by atoms with van der Waals surface area (Å²) in [7, 11) is 0. The number of nitrogens with zero attached hydrogens (tertiary/aromatic N) is 2. The Kier molecular flexibility index (Phi) is 6.05. The number of benzene rings is 2. The Balaban J connectivity index is 1.94. The quantitative estimate of drug-likeness (QED) is 0.473. The summed E-state index contributed by atoms with van der Waals surface area (Å²) >= 11 is 6.13. The van der Waals surface area contributed by atoms with Crippen molar-refractivity contribution in [3.63, 3.8) is 0 Å². The van der Waals surface area contributed by atoms with Crippen molar-refractivity contribution in [2.24, 2.45) is 0 Å². The van der Waals surface area contributed by atoms with E-state index < -0.39 is 5.91 Å². The van der Waals surface area contributed by atoms with Gasteiger partial charge in [0.15, 0.2) is 0 Å². The summed E-state index contributed by atoms with van der Waals surface area (Å²) in [5, 5.41) is 12.9. The number of nitrogens with one attached hydrogen (secondary N) is 1. The Labute approximate surface area is 183 Å². The Morgan fingerprint density at radius 1 is 1.27 bits per heavy atom. The summed E-state index contributed by atoms with van der Waals surface area (Å²) in [5.74, 6) is -0.454. The largest absolute Gasteiger partial charge is 0.363 e. The molecule has 3 rings (SSSR count). The van der Waals surface area contributed by atoms with Gasteiger partial charge in [-0.1, -0.05) is 29.8 Å². The first-order valence-electron chi connectivity index (χ1n) is 9.97. The van der Waals surface area contributed by atoms with Crippen LogP contribution in [0.5, 0.6) is 0 Å². The van der Waals surface area contributed by atoms with Gasteiger partial charge in [0.2, 0.25) is 0 Å². The number of allylic oxidation sites excluding steroid dienone is 1. The van der Waals surface area contributed by atoms with Crippen LogP contribution < -0.4 is 10.2 Å². The lowest BCUT2D eigenvalue weighted by molar-refractivity contribution is -0.112. The second-order valence-corrected chi connectivity index (χ2v) is 8.45. The molecule has 0 aliphatic carbocycles. The molecule has 5 heteroatoms. The highest BCUT2D eigenvalue weighted by molar-refractivity contribution is 6.31. The van der Waals surface area contributed by atoms with E-state index in [0.717, 1.165) is 28.9 Å². The molecule has 0 saturated carbocycles. The molecular formula is C25H26ClN3O. The van der Waals surface area contributed by atoms with Gasteiger partial charge in [-0.3, -0.25) is 4.79 Å².